The van der Waals surface area contributed by atoms with Crippen LogP contribution in [0.5, 0.6) is 17.2 Å². The van der Waals surface area contributed by atoms with Gasteiger partial charge in [0, 0.05) is 12.1 Å². The van der Waals surface area contributed by atoms with Crippen molar-refractivity contribution in [3.8, 4) is 17.2 Å². The minimum absolute atomic E-state index is 0.00566. The minimum atomic E-state index is -0.846. The van der Waals surface area contributed by atoms with Gasteiger partial charge in [-0.1, -0.05) is 38.1 Å². The number of hydrogen-bond donors (Lipinski definition) is 1. The third-order valence-electron chi connectivity index (χ3n) is 6.40. The number of rotatable bonds is 11. The molecule has 1 saturated heterocycles. The number of para-hydroxylation sites is 2. The van der Waals surface area contributed by atoms with Crippen LogP contribution in [0.4, 0.5) is 0 Å². The van der Waals surface area contributed by atoms with Gasteiger partial charge in [-0.05, 0) is 44.3 Å². The van der Waals surface area contributed by atoms with Crippen molar-refractivity contribution in [1.82, 2.24) is 9.80 Å². The summed E-state index contributed by atoms with van der Waals surface area (Å²) in [7, 11) is 4.52. The summed E-state index contributed by atoms with van der Waals surface area (Å²) >= 11 is 0. The SMILES string of the molecule is CCN(CC)CCCN1C(=O)C(=O)/C(=C(/O)c2ccccc2OC)C1c1cccc(OC)c1OC. The van der Waals surface area contributed by atoms with E-state index in [1.807, 2.05) is 0 Å². The largest absolute Gasteiger partial charge is 0.507 e. The number of methoxy groups -OCH3 is 3. The lowest BCUT2D eigenvalue weighted by Gasteiger charge is -2.28. The van der Waals surface area contributed by atoms with Gasteiger partial charge in [-0.3, -0.25) is 9.59 Å². The number of aliphatic hydroxyl groups excluding tert-OH is 1. The Labute approximate surface area is 206 Å². The van der Waals surface area contributed by atoms with Crippen LogP contribution in [-0.2, 0) is 9.59 Å². The summed E-state index contributed by atoms with van der Waals surface area (Å²) in [5.74, 6) is -0.421. The van der Waals surface area contributed by atoms with Gasteiger partial charge in [-0.15, -0.1) is 0 Å². The van der Waals surface area contributed by atoms with Gasteiger partial charge in [0.2, 0.25) is 0 Å². The first kappa shape index (κ1) is 26.1. The highest BCUT2D eigenvalue weighted by Crippen LogP contribution is 2.46. The smallest absolute Gasteiger partial charge is 0.295 e. The zero-order valence-corrected chi connectivity index (χ0v) is 21.0. The molecule has 8 nitrogen and oxygen atoms in total. The standard InChI is InChI=1S/C27H34N2O6/c1-6-28(7-2)16-11-17-29-23(19-13-10-15-21(34-4)26(19)35-5)22(25(31)27(29)32)24(30)18-12-8-9-14-20(18)33-3/h8-10,12-15,23,30H,6-7,11,16-17H2,1-5H3/b24-22+. The summed E-state index contributed by atoms with van der Waals surface area (Å²) < 4.78 is 16.5. The Hall–Kier alpha value is -3.52. The number of carbonyl (C=O) groups is 2. The Kier molecular flexibility index (Phi) is 8.76. The Bertz CT molecular complexity index is 1090. The first-order valence-corrected chi connectivity index (χ1v) is 11.8. The quantitative estimate of drug-likeness (QED) is 0.296. The molecule has 188 valence electrons. The molecule has 3 rings (SSSR count). The second-order valence-electron chi connectivity index (χ2n) is 8.16. The molecular weight excluding hydrogens is 448 g/mol. The molecule has 1 unspecified atom stereocenters. The molecule has 2 aromatic rings. The van der Waals surface area contributed by atoms with Crippen LogP contribution in [0.1, 0.15) is 37.4 Å². The third kappa shape index (κ3) is 5.12. The number of carbonyl (C=O) groups excluding carboxylic acids is 2. The monoisotopic (exact) mass is 482 g/mol. The second-order valence-corrected chi connectivity index (χ2v) is 8.16. The number of amides is 1. The number of benzene rings is 2. The number of ketones is 1. The van der Waals surface area contributed by atoms with Gasteiger partial charge >= 0.3 is 0 Å². The summed E-state index contributed by atoms with van der Waals surface area (Å²) in [4.78, 5) is 30.4. The molecule has 1 aliphatic heterocycles. The second kappa shape index (κ2) is 11.8. The maximum Gasteiger partial charge on any atom is 0.295 e. The molecular formula is C27H34N2O6. The lowest BCUT2D eigenvalue weighted by molar-refractivity contribution is -0.140. The highest BCUT2D eigenvalue weighted by molar-refractivity contribution is 6.46. The van der Waals surface area contributed by atoms with Crippen molar-refractivity contribution >= 4 is 17.4 Å². The molecule has 1 amide bonds. The molecule has 0 radical (unpaired) electrons. The van der Waals surface area contributed by atoms with Gasteiger partial charge in [0.05, 0.1) is 38.5 Å². The molecule has 8 heteroatoms. The normalized spacial score (nSPS) is 17.2. The first-order valence-electron chi connectivity index (χ1n) is 11.8. The lowest BCUT2D eigenvalue weighted by atomic mass is 9.94. The van der Waals surface area contributed by atoms with Gasteiger partial charge in [0.25, 0.3) is 11.7 Å². The van der Waals surface area contributed by atoms with Crippen molar-refractivity contribution in [2.75, 3.05) is 47.5 Å². The molecule has 1 aliphatic rings. The maximum atomic E-state index is 13.3. The maximum absolute atomic E-state index is 13.3. The van der Waals surface area contributed by atoms with Gasteiger partial charge in [0.15, 0.2) is 11.5 Å². The Balaban J connectivity index is 2.17. The van der Waals surface area contributed by atoms with E-state index < -0.39 is 17.7 Å². The van der Waals surface area contributed by atoms with Gasteiger partial charge in [-0.2, -0.15) is 0 Å². The van der Waals surface area contributed by atoms with Crippen molar-refractivity contribution < 1.29 is 28.9 Å². The summed E-state index contributed by atoms with van der Waals surface area (Å²) in [5, 5.41) is 11.4. The lowest BCUT2D eigenvalue weighted by Crippen LogP contribution is -2.33. The van der Waals surface area contributed by atoms with E-state index in [0.717, 1.165) is 19.6 Å². The van der Waals surface area contributed by atoms with E-state index in [2.05, 4.69) is 18.7 Å². The van der Waals surface area contributed by atoms with Crippen LogP contribution in [0.2, 0.25) is 0 Å². The Morgan fingerprint density at radius 2 is 1.60 bits per heavy atom. The van der Waals surface area contributed by atoms with Crippen LogP contribution >= 0.6 is 0 Å². The van der Waals surface area contributed by atoms with Gasteiger partial charge in [-0.25, -0.2) is 0 Å². The van der Waals surface area contributed by atoms with E-state index in [-0.39, 0.29) is 11.3 Å². The zero-order valence-electron chi connectivity index (χ0n) is 21.0. The van der Waals surface area contributed by atoms with Gasteiger partial charge in [0.1, 0.15) is 11.5 Å². The van der Waals surface area contributed by atoms with Crippen molar-refractivity contribution in [3.63, 3.8) is 0 Å². The predicted octanol–water partition coefficient (Wildman–Crippen LogP) is 3.87. The molecule has 1 heterocycles. The summed E-state index contributed by atoms with van der Waals surface area (Å²) in [6.07, 6.45) is 0.673. The zero-order chi connectivity index (χ0) is 25.5. The number of likely N-dealkylation sites (tertiary alicyclic amines) is 1. The third-order valence-corrected chi connectivity index (χ3v) is 6.40. The van der Waals surface area contributed by atoms with Crippen LogP contribution in [0.15, 0.2) is 48.0 Å². The van der Waals surface area contributed by atoms with Crippen molar-refractivity contribution in [3.05, 3.63) is 59.2 Å². The first-order chi connectivity index (χ1) is 16.9. The fourth-order valence-electron chi connectivity index (χ4n) is 4.55. The number of nitrogens with zero attached hydrogens (tertiary/aromatic N) is 2. The van der Waals surface area contributed by atoms with Crippen LogP contribution < -0.4 is 14.2 Å². The highest BCUT2D eigenvalue weighted by Gasteiger charge is 2.47. The average Bonchev–Trinajstić information content (AvgIpc) is 3.14. The molecule has 1 fully saturated rings. The number of hydrogen-bond acceptors (Lipinski definition) is 7. The van der Waals surface area contributed by atoms with E-state index in [1.54, 1.807) is 42.5 Å². The van der Waals surface area contributed by atoms with Crippen LogP contribution in [0, 0.1) is 0 Å². The van der Waals surface area contributed by atoms with Crippen molar-refractivity contribution in [2.45, 2.75) is 26.3 Å². The number of ether oxygens (including phenoxy) is 3. The molecule has 0 saturated carbocycles. The summed E-state index contributed by atoms with van der Waals surface area (Å²) in [6, 6.07) is 11.3. The summed E-state index contributed by atoms with van der Waals surface area (Å²) in [6.45, 7) is 7.10. The molecule has 1 atom stereocenters. The van der Waals surface area contributed by atoms with Crippen molar-refractivity contribution in [2.24, 2.45) is 0 Å². The Morgan fingerprint density at radius 3 is 2.23 bits per heavy atom. The topological polar surface area (TPSA) is 88.5 Å². The average molecular weight is 483 g/mol. The number of aliphatic hydroxyl groups is 1. The van der Waals surface area contributed by atoms with Crippen LogP contribution in [0.3, 0.4) is 0 Å². The molecule has 0 aromatic heterocycles. The molecule has 1 N–H and O–H groups in total. The van der Waals surface area contributed by atoms with Crippen LogP contribution in [0.25, 0.3) is 5.76 Å². The molecule has 2 aromatic carbocycles. The van der Waals surface area contributed by atoms with E-state index in [0.29, 0.717) is 41.3 Å². The number of Topliss-reactive ketones (excluding diaryl/α,β-unsaturated/α-hetero) is 1. The molecule has 0 spiro atoms. The molecule has 0 aliphatic carbocycles. The predicted molar refractivity (Wildman–Crippen MR) is 134 cm³/mol. The highest BCUT2D eigenvalue weighted by atomic mass is 16.5. The van der Waals surface area contributed by atoms with Crippen LogP contribution in [-0.4, -0.2) is 74.1 Å². The van der Waals surface area contributed by atoms with E-state index in [9.17, 15) is 14.7 Å². The van der Waals surface area contributed by atoms with Crippen molar-refractivity contribution in [1.29, 1.82) is 0 Å². The Morgan fingerprint density at radius 1 is 0.943 bits per heavy atom. The fourth-order valence-corrected chi connectivity index (χ4v) is 4.55. The summed E-state index contributed by atoms with van der Waals surface area (Å²) in [5.41, 5.74) is 0.891. The molecule has 35 heavy (non-hydrogen) atoms. The fraction of sp³-hybridized carbons (Fsp3) is 0.407. The molecule has 0 bridgehead atoms. The minimum Gasteiger partial charge on any atom is -0.507 e. The van der Waals surface area contributed by atoms with E-state index in [1.165, 1.54) is 26.2 Å². The van der Waals surface area contributed by atoms with Gasteiger partial charge < -0.3 is 29.1 Å². The van der Waals surface area contributed by atoms with E-state index >= 15 is 0 Å². The van der Waals surface area contributed by atoms with E-state index in [4.69, 9.17) is 14.2 Å².